The summed E-state index contributed by atoms with van der Waals surface area (Å²) < 4.78 is 10.2. The topological polar surface area (TPSA) is 79.2 Å². The van der Waals surface area contributed by atoms with Crippen LogP contribution in [0.3, 0.4) is 0 Å². The van der Waals surface area contributed by atoms with E-state index in [0.717, 1.165) is 0 Å². The Bertz CT molecular complexity index is 145. The van der Waals surface area contributed by atoms with Gasteiger partial charge in [-0.2, -0.15) is 0 Å². The predicted octanol–water partition coefficient (Wildman–Crippen LogP) is -1.79. The quantitative estimate of drug-likeness (QED) is 0.406. The van der Waals surface area contributed by atoms with Gasteiger partial charge in [0.05, 0.1) is 12.7 Å². The summed E-state index contributed by atoms with van der Waals surface area (Å²) in [5.74, 6) is 0. The van der Waals surface area contributed by atoms with E-state index in [9.17, 15) is 15.3 Å². The Balaban J connectivity index is 2.13. The first-order valence-corrected chi connectivity index (χ1v) is 4.01. The maximum atomic E-state index is 9.37. The second-order valence-electron chi connectivity index (χ2n) is 3.17. The highest BCUT2D eigenvalue weighted by Crippen LogP contribution is 2.27. The molecule has 2 heterocycles. The average molecular weight is 176 g/mol. The first-order valence-electron chi connectivity index (χ1n) is 4.01. The average Bonchev–Trinajstić information content (AvgIpc) is 2.13. The molecule has 2 rings (SSSR count). The fraction of sp³-hybridized carbons (Fsp3) is 1.00. The minimum absolute atomic E-state index is 0.401. The Kier molecular flexibility index (Phi) is 2.05. The van der Waals surface area contributed by atoms with Crippen LogP contribution in [0.4, 0.5) is 0 Å². The molecule has 5 atom stereocenters. The smallest absolute Gasteiger partial charge is 0.186 e. The number of fused-ring (bicyclic) bond motifs is 2. The first-order chi connectivity index (χ1) is 5.70. The zero-order valence-electron chi connectivity index (χ0n) is 6.46. The van der Waals surface area contributed by atoms with Crippen molar-refractivity contribution in [3.8, 4) is 0 Å². The summed E-state index contributed by atoms with van der Waals surface area (Å²) in [4.78, 5) is 0. The van der Waals surface area contributed by atoms with E-state index in [1.807, 2.05) is 0 Å². The van der Waals surface area contributed by atoms with E-state index in [0.29, 0.717) is 13.0 Å². The van der Waals surface area contributed by atoms with Gasteiger partial charge in [-0.1, -0.05) is 0 Å². The number of rotatable bonds is 0. The van der Waals surface area contributed by atoms with Gasteiger partial charge < -0.3 is 24.8 Å². The molecule has 0 amide bonds. The van der Waals surface area contributed by atoms with Crippen molar-refractivity contribution in [3.05, 3.63) is 0 Å². The molecule has 2 saturated heterocycles. The van der Waals surface area contributed by atoms with Crippen molar-refractivity contribution in [2.45, 2.75) is 37.1 Å². The second-order valence-corrected chi connectivity index (χ2v) is 3.17. The van der Waals surface area contributed by atoms with Gasteiger partial charge in [-0.3, -0.25) is 0 Å². The number of hydrogen-bond donors (Lipinski definition) is 3. The van der Waals surface area contributed by atoms with E-state index < -0.39 is 30.7 Å². The molecule has 3 N–H and O–H groups in total. The minimum Gasteiger partial charge on any atom is -0.388 e. The summed E-state index contributed by atoms with van der Waals surface area (Å²) in [6.07, 6.45) is -3.92. The minimum atomic E-state index is -1.16. The Morgan fingerprint density at radius 3 is 2.50 bits per heavy atom. The SMILES string of the molecule is O[C@@H]1[C@@H](O)[C@@H]2OCC[C@@H](O2)[C@H]1O. The number of hydrogen-bond acceptors (Lipinski definition) is 5. The van der Waals surface area contributed by atoms with Gasteiger partial charge in [0.1, 0.15) is 18.3 Å². The Morgan fingerprint density at radius 1 is 1.00 bits per heavy atom. The van der Waals surface area contributed by atoms with Crippen LogP contribution in [0.5, 0.6) is 0 Å². The maximum Gasteiger partial charge on any atom is 0.186 e. The lowest BCUT2D eigenvalue weighted by molar-refractivity contribution is -0.323. The molecule has 2 bridgehead atoms. The summed E-state index contributed by atoms with van der Waals surface area (Å²) in [6, 6.07) is 0. The van der Waals surface area contributed by atoms with E-state index in [1.165, 1.54) is 0 Å². The standard InChI is InChI=1S/C7H12O5/c8-4-3-1-2-11-7(12-3)6(10)5(4)9/h3-10H,1-2H2/t3-,4-,5+,6-,7-/m1/s1. The highest BCUT2D eigenvalue weighted by atomic mass is 16.7. The van der Waals surface area contributed by atoms with Crippen molar-refractivity contribution in [1.82, 2.24) is 0 Å². The predicted molar refractivity (Wildman–Crippen MR) is 37.3 cm³/mol. The van der Waals surface area contributed by atoms with E-state index in [4.69, 9.17) is 9.47 Å². The van der Waals surface area contributed by atoms with Crippen LogP contribution in [0.25, 0.3) is 0 Å². The Labute approximate surface area is 69.5 Å². The van der Waals surface area contributed by atoms with Gasteiger partial charge in [-0.15, -0.1) is 0 Å². The Morgan fingerprint density at radius 2 is 1.75 bits per heavy atom. The molecule has 5 nitrogen and oxygen atoms in total. The van der Waals surface area contributed by atoms with E-state index in [-0.39, 0.29) is 0 Å². The molecule has 0 aliphatic carbocycles. The van der Waals surface area contributed by atoms with Gasteiger partial charge >= 0.3 is 0 Å². The molecule has 12 heavy (non-hydrogen) atoms. The molecule has 2 aliphatic rings. The Hall–Kier alpha value is -0.200. The van der Waals surface area contributed by atoms with Crippen LogP contribution < -0.4 is 0 Å². The molecule has 0 radical (unpaired) electrons. The molecular formula is C7H12O5. The number of ether oxygens (including phenoxy) is 2. The highest BCUT2D eigenvalue weighted by molar-refractivity contribution is 4.90. The molecule has 0 spiro atoms. The monoisotopic (exact) mass is 176 g/mol. The second kappa shape index (κ2) is 2.93. The van der Waals surface area contributed by atoms with Crippen molar-refractivity contribution in [1.29, 1.82) is 0 Å². The zero-order chi connectivity index (χ0) is 8.72. The van der Waals surface area contributed by atoms with Crippen molar-refractivity contribution < 1.29 is 24.8 Å². The summed E-state index contributed by atoms with van der Waals surface area (Å²) in [5.41, 5.74) is 0. The van der Waals surface area contributed by atoms with Gasteiger partial charge in [0, 0.05) is 0 Å². The fourth-order valence-electron chi connectivity index (χ4n) is 1.59. The van der Waals surface area contributed by atoms with Crippen molar-refractivity contribution >= 4 is 0 Å². The molecule has 0 aromatic carbocycles. The van der Waals surface area contributed by atoms with Gasteiger partial charge in [0.25, 0.3) is 0 Å². The number of aliphatic hydroxyl groups excluding tert-OH is 3. The van der Waals surface area contributed by atoms with Crippen molar-refractivity contribution in [2.24, 2.45) is 0 Å². The van der Waals surface area contributed by atoms with Crippen molar-refractivity contribution in [2.75, 3.05) is 6.61 Å². The van der Waals surface area contributed by atoms with Crippen LogP contribution in [0.1, 0.15) is 6.42 Å². The molecule has 0 saturated carbocycles. The van der Waals surface area contributed by atoms with E-state index in [1.54, 1.807) is 0 Å². The van der Waals surface area contributed by atoms with Crippen LogP contribution in [0, 0.1) is 0 Å². The maximum absolute atomic E-state index is 9.37. The third kappa shape index (κ3) is 1.14. The lowest BCUT2D eigenvalue weighted by atomic mass is 9.96. The molecular weight excluding hydrogens is 164 g/mol. The van der Waals surface area contributed by atoms with Crippen molar-refractivity contribution in [3.63, 3.8) is 0 Å². The van der Waals surface area contributed by atoms with Crippen LogP contribution in [-0.4, -0.2) is 52.6 Å². The van der Waals surface area contributed by atoms with E-state index >= 15 is 0 Å². The third-order valence-corrected chi connectivity index (χ3v) is 2.35. The molecule has 0 unspecified atom stereocenters. The summed E-state index contributed by atoms with van der Waals surface area (Å²) in [6.45, 7) is 0.455. The van der Waals surface area contributed by atoms with Gasteiger partial charge in [0.15, 0.2) is 6.29 Å². The van der Waals surface area contributed by atoms with Gasteiger partial charge in [0.2, 0.25) is 0 Å². The lowest BCUT2D eigenvalue weighted by Gasteiger charge is -2.43. The molecule has 2 aliphatic heterocycles. The largest absolute Gasteiger partial charge is 0.388 e. The van der Waals surface area contributed by atoms with Crippen LogP contribution in [0.2, 0.25) is 0 Å². The van der Waals surface area contributed by atoms with Crippen LogP contribution >= 0.6 is 0 Å². The lowest BCUT2D eigenvalue weighted by Crippen LogP contribution is -2.60. The zero-order valence-corrected chi connectivity index (χ0v) is 6.46. The molecule has 0 aromatic heterocycles. The number of aliphatic hydroxyl groups is 3. The molecule has 0 aromatic rings. The molecule has 5 heteroatoms. The highest BCUT2D eigenvalue weighted by Gasteiger charge is 2.46. The summed E-state index contributed by atoms with van der Waals surface area (Å²) in [5, 5.41) is 28.0. The normalized spacial score (nSPS) is 53.8. The van der Waals surface area contributed by atoms with Gasteiger partial charge in [-0.25, -0.2) is 0 Å². The molecule has 2 fully saturated rings. The summed E-state index contributed by atoms with van der Waals surface area (Å²) in [7, 11) is 0. The fourth-order valence-corrected chi connectivity index (χ4v) is 1.59. The van der Waals surface area contributed by atoms with E-state index in [2.05, 4.69) is 0 Å². The first kappa shape index (κ1) is 8.40. The van der Waals surface area contributed by atoms with Crippen LogP contribution in [0.15, 0.2) is 0 Å². The molecule has 70 valence electrons. The van der Waals surface area contributed by atoms with Gasteiger partial charge in [-0.05, 0) is 6.42 Å². The summed E-state index contributed by atoms with van der Waals surface area (Å²) >= 11 is 0. The third-order valence-electron chi connectivity index (χ3n) is 2.35. The van der Waals surface area contributed by atoms with Crippen LogP contribution in [-0.2, 0) is 9.47 Å².